The standard InChI is InChI=1S/C10H13BrN4O2S/c11-8-5-7(6-13-14-10(12)18)17-9(8)15-1-3-16-4-2-15/h5-6H,1-4H2,(H3,12,14,18)/b13-6-. The zero-order valence-corrected chi connectivity index (χ0v) is 12.0. The number of ether oxygens (including phenoxy) is 1. The van der Waals surface area contributed by atoms with Crippen molar-refractivity contribution in [3.05, 3.63) is 16.3 Å². The van der Waals surface area contributed by atoms with Gasteiger partial charge in [-0.25, -0.2) is 0 Å². The van der Waals surface area contributed by atoms with Gasteiger partial charge in [0.15, 0.2) is 10.9 Å². The third kappa shape index (κ3) is 3.44. The van der Waals surface area contributed by atoms with Crippen LogP contribution in [-0.4, -0.2) is 37.6 Å². The van der Waals surface area contributed by atoms with Crippen molar-refractivity contribution in [2.45, 2.75) is 0 Å². The molecule has 0 unspecified atom stereocenters. The van der Waals surface area contributed by atoms with Crippen LogP contribution in [0.15, 0.2) is 20.1 Å². The Hall–Kier alpha value is -1.12. The number of thiocarbonyl (C=S) groups is 1. The highest BCUT2D eigenvalue weighted by atomic mass is 79.9. The van der Waals surface area contributed by atoms with Crippen molar-refractivity contribution in [3.63, 3.8) is 0 Å². The van der Waals surface area contributed by atoms with Crippen LogP contribution in [0.5, 0.6) is 0 Å². The normalized spacial score (nSPS) is 16.2. The molecule has 0 radical (unpaired) electrons. The van der Waals surface area contributed by atoms with Gasteiger partial charge in [-0.3, -0.25) is 5.43 Å². The Morgan fingerprint density at radius 2 is 2.28 bits per heavy atom. The molecule has 98 valence electrons. The van der Waals surface area contributed by atoms with Gasteiger partial charge in [0.05, 0.1) is 23.9 Å². The average molecular weight is 333 g/mol. The van der Waals surface area contributed by atoms with Gasteiger partial charge in [-0.05, 0) is 28.1 Å². The van der Waals surface area contributed by atoms with E-state index in [1.807, 2.05) is 6.07 Å². The summed E-state index contributed by atoms with van der Waals surface area (Å²) < 4.78 is 11.9. The number of furan rings is 1. The average Bonchev–Trinajstić information content (AvgIpc) is 2.71. The highest BCUT2D eigenvalue weighted by molar-refractivity contribution is 9.10. The molecule has 1 aromatic heterocycles. The number of nitrogens with one attached hydrogen (secondary N) is 1. The predicted octanol–water partition coefficient (Wildman–Crippen LogP) is 1.05. The second-order valence-corrected chi connectivity index (χ2v) is 4.93. The Balaban J connectivity index is 2.06. The van der Waals surface area contributed by atoms with Crippen LogP contribution in [0.25, 0.3) is 0 Å². The molecule has 0 aromatic carbocycles. The van der Waals surface area contributed by atoms with Gasteiger partial charge in [0.2, 0.25) is 5.88 Å². The first-order chi connectivity index (χ1) is 8.66. The third-order valence-corrected chi connectivity index (χ3v) is 3.01. The number of rotatable bonds is 3. The molecule has 0 saturated carbocycles. The van der Waals surface area contributed by atoms with Crippen LogP contribution in [0.3, 0.4) is 0 Å². The number of nitrogens with two attached hydrogens (primary N) is 1. The first-order valence-electron chi connectivity index (χ1n) is 5.37. The topological polar surface area (TPSA) is 76.0 Å². The van der Waals surface area contributed by atoms with Gasteiger partial charge in [-0.2, -0.15) is 5.10 Å². The molecule has 1 aliphatic rings. The maximum Gasteiger partial charge on any atom is 0.210 e. The largest absolute Gasteiger partial charge is 0.438 e. The van der Waals surface area contributed by atoms with Crippen LogP contribution in [0.2, 0.25) is 0 Å². The summed E-state index contributed by atoms with van der Waals surface area (Å²) in [6.45, 7) is 3.04. The smallest absolute Gasteiger partial charge is 0.210 e. The number of anilines is 1. The monoisotopic (exact) mass is 332 g/mol. The van der Waals surface area contributed by atoms with Gasteiger partial charge < -0.3 is 19.8 Å². The van der Waals surface area contributed by atoms with Gasteiger partial charge >= 0.3 is 0 Å². The summed E-state index contributed by atoms with van der Waals surface area (Å²) in [5.74, 6) is 1.40. The zero-order valence-electron chi connectivity index (χ0n) is 9.56. The number of nitrogens with zero attached hydrogens (tertiary/aromatic N) is 2. The first kappa shape index (κ1) is 13.3. The quantitative estimate of drug-likeness (QED) is 0.489. The fourth-order valence-electron chi connectivity index (χ4n) is 1.58. The predicted molar refractivity (Wildman–Crippen MR) is 77.0 cm³/mol. The molecular formula is C10H13BrN4O2S. The summed E-state index contributed by atoms with van der Waals surface area (Å²) in [5.41, 5.74) is 7.73. The van der Waals surface area contributed by atoms with E-state index in [4.69, 9.17) is 14.9 Å². The van der Waals surface area contributed by atoms with Crippen molar-refractivity contribution in [2.24, 2.45) is 10.8 Å². The number of hydrazone groups is 1. The van der Waals surface area contributed by atoms with Crippen LogP contribution >= 0.6 is 28.1 Å². The molecule has 2 heterocycles. The lowest BCUT2D eigenvalue weighted by molar-refractivity contribution is 0.120. The summed E-state index contributed by atoms with van der Waals surface area (Å²) in [4.78, 5) is 2.12. The molecule has 6 nitrogen and oxygen atoms in total. The van der Waals surface area contributed by atoms with Gasteiger partial charge in [0.1, 0.15) is 0 Å². The molecule has 0 aliphatic carbocycles. The van der Waals surface area contributed by atoms with Crippen LogP contribution < -0.4 is 16.1 Å². The fraction of sp³-hybridized carbons (Fsp3) is 0.400. The molecule has 1 fully saturated rings. The lowest BCUT2D eigenvalue weighted by Crippen LogP contribution is -2.36. The molecule has 0 bridgehead atoms. The summed E-state index contributed by atoms with van der Waals surface area (Å²) in [6, 6.07) is 1.84. The summed E-state index contributed by atoms with van der Waals surface area (Å²) in [5, 5.41) is 3.96. The SMILES string of the molecule is NC(=S)N/N=C\c1cc(Br)c(N2CCOCC2)o1. The van der Waals surface area contributed by atoms with E-state index < -0.39 is 0 Å². The van der Waals surface area contributed by atoms with E-state index >= 15 is 0 Å². The molecule has 8 heteroatoms. The van der Waals surface area contributed by atoms with Crippen molar-refractivity contribution in [1.82, 2.24) is 5.43 Å². The molecule has 3 N–H and O–H groups in total. The summed E-state index contributed by atoms with van der Waals surface area (Å²) in [7, 11) is 0. The summed E-state index contributed by atoms with van der Waals surface area (Å²) in [6.07, 6.45) is 1.52. The Bertz CT molecular complexity index is 457. The molecule has 1 aliphatic heterocycles. The molecule has 18 heavy (non-hydrogen) atoms. The van der Waals surface area contributed by atoms with Gasteiger partial charge in [0, 0.05) is 19.2 Å². The van der Waals surface area contributed by atoms with E-state index in [0.717, 1.165) is 23.4 Å². The van der Waals surface area contributed by atoms with Gasteiger partial charge in [-0.15, -0.1) is 0 Å². The minimum atomic E-state index is 0.116. The minimum Gasteiger partial charge on any atom is -0.438 e. The first-order valence-corrected chi connectivity index (χ1v) is 6.57. The molecular weight excluding hydrogens is 320 g/mol. The van der Waals surface area contributed by atoms with Crippen LogP contribution in [0.1, 0.15) is 5.76 Å². The van der Waals surface area contributed by atoms with E-state index in [1.54, 1.807) is 0 Å². The molecule has 0 atom stereocenters. The van der Waals surface area contributed by atoms with Crippen LogP contribution in [-0.2, 0) is 4.74 Å². The second-order valence-electron chi connectivity index (χ2n) is 3.64. The van der Waals surface area contributed by atoms with Gasteiger partial charge in [-0.1, -0.05) is 0 Å². The fourth-order valence-corrected chi connectivity index (χ4v) is 2.19. The molecule has 2 rings (SSSR count). The minimum absolute atomic E-state index is 0.116. The van der Waals surface area contributed by atoms with E-state index in [1.165, 1.54) is 6.21 Å². The van der Waals surface area contributed by atoms with Crippen molar-refractivity contribution in [3.8, 4) is 0 Å². The lowest BCUT2D eigenvalue weighted by Gasteiger charge is -2.26. The van der Waals surface area contributed by atoms with Crippen molar-refractivity contribution in [1.29, 1.82) is 0 Å². The Morgan fingerprint density at radius 1 is 1.56 bits per heavy atom. The molecule has 1 saturated heterocycles. The second kappa shape index (κ2) is 6.17. The lowest BCUT2D eigenvalue weighted by atomic mass is 10.4. The molecule has 0 spiro atoms. The Kier molecular flexibility index (Phi) is 4.56. The number of hydrogen-bond acceptors (Lipinski definition) is 5. The zero-order chi connectivity index (χ0) is 13.0. The van der Waals surface area contributed by atoms with E-state index in [0.29, 0.717) is 19.0 Å². The van der Waals surface area contributed by atoms with Crippen molar-refractivity contribution < 1.29 is 9.15 Å². The van der Waals surface area contributed by atoms with Crippen LogP contribution in [0.4, 0.5) is 5.88 Å². The number of hydrogen-bond donors (Lipinski definition) is 2. The number of morpholine rings is 1. The van der Waals surface area contributed by atoms with E-state index in [9.17, 15) is 0 Å². The van der Waals surface area contributed by atoms with Gasteiger partial charge in [0.25, 0.3) is 0 Å². The maximum absolute atomic E-state index is 5.69. The van der Waals surface area contributed by atoms with Crippen molar-refractivity contribution >= 4 is 45.4 Å². The summed E-state index contributed by atoms with van der Waals surface area (Å²) >= 11 is 8.10. The highest BCUT2D eigenvalue weighted by Gasteiger charge is 2.18. The van der Waals surface area contributed by atoms with Crippen molar-refractivity contribution in [2.75, 3.05) is 31.2 Å². The van der Waals surface area contributed by atoms with E-state index in [-0.39, 0.29) is 5.11 Å². The Morgan fingerprint density at radius 3 is 2.94 bits per heavy atom. The molecule has 0 amide bonds. The third-order valence-electron chi connectivity index (χ3n) is 2.35. The van der Waals surface area contributed by atoms with Crippen LogP contribution in [0, 0.1) is 0 Å². The highest BCUT2D eigenvalue weighted by Crippen LogP contribution is 2.30. The molecule has 1 aromatic rings. The maximum atomic E-state index is 5.69. The number of halogens is 1. The van der Waals surface area contributed by atoms with E-state index in [2.05, 4.69) is 43.6 Å². The Labute approximate surface area is 118 Å².